The van der Waals surface area contributed by atoms with Crippen molar-refractivity contribution in [2.24, 2.45) is 10.9 Å². The fraction of sp³-hybridized carbons (Fsp3) is 0.818. The number of carbonyl (C=O) groups excluding carboxylic acids is 1. The standard InChI is InChI=1S/C11H22N4O2/c1-3-15(4-2)10(16)13-11(9(12)14-17)7-5-6-8-11/h17H,3-8H2,1-2H3,(H2,12,14)(H,13,16). The van der Waals surface area contributed by atoms with Crippen molar-refractivity contribution in [3.8, 4) is 0 Å². The minimum atomic E-state index is -0.658. The molecule has 0 saturated heterocycles. The molecule has 0 aromatic rings. The molecule has 6 heteroatoms. The van der Waals surface area contributed by atoms with Crippen LogP contribution in [-0.4, -0.2) is 40.6 Å². The maximum atomic E-state index is 12.0. The summed E-state index contributed by atoms with van der Waals surface area (Å²) in [6.45, 7) is 5.14. The van der Waals surface area contributed by atoms with E-state index < -0.39 is 5.54 Å². The van der Waals surface area contributed by atoms with E-state index in [1.54, 1.807) is 4.90 Å². The van der Waals surface area contributed by atoms with Crippen molar-refractivity contribution in [2.45, 2.75) is 45.1 Å². The van der Waals surface area contributed by atoms with Crippen LogP contribution in [0.4, 0.5) is 4.79 Å². The van der Waals surface area contributed by atoms with E-state index in [4.69, 9.17) is 10.9 Å². The van der Waals surface area contributed by atoms with Gasteiger partial charge in [-0.2, -0.15) is 0 Å². The first-order valence-corrected chi connectivity index (χ1v) is 6.14. The lowest BCUT2D eigenvalue weighted by molar-refractivity contribution is 0.194. The van der Waals surface area contributed by atoms with Gasteiger partial charge in [-0.15, -0.1) is 0 Å². The Labute approximate surface area is 102 Å². The summed E-state index contributed by atoms with van der Waals surface area (Å²) in [6, 6.07) is -0.150. The number of hydrogen-bond donors (Lipinski definition) is 3. The van der Waals surface area contributed by atoms with Crippen LogP contribution in [0.1, 0.15) is 39.5 Å². The lowest BCUT2D eigenvalue weighted by atomic mass is 9.96. The average Bonchev–Trinajstić information content (AvgIpc) is 2.79. The zero-order valence-corrected chi connectivity index (χ0v) is 10.6. The van der Waals surface area contributed by atoms with Crippen LogP contribution in [0.3, 0.4) is 0 Å². The molecule has 1 aliphatic rings. The van der Waals surface area contributed by atoms with E-state index in [-0.39, 0.29) is 11.9 Å². The molecule has 0 aromatic heterocycles. The molecule has 0 unspecified atom stereocenters. The molecule has 6 nitrogen and oxygen atoms in total. The monoisotopic (exact) mass is 242 g/mol. The highest BCUT2D eigenvalue weighted by Crippen LogP contribution is 2.30. The summed E-state index contributed by atoms with van der Waals surface area (Å²) in [5, 5.41) is 14.8. The van der Waals surface area contributed by atoms with Gasteiger partial charge >= 0.3 is 6.03 Å². The van der Waals surface area contributed by atoms with Crippen molar-refractivity contribution in [1.29, 1.82) is 0 Å². The Hall–Kier alpha value is -1.46. The number of rotatable bonds is 4. The predicted octanol–water partition coefficient (Wildman–Crippen LogP) is 1.10. The SMILES string of the molecule is CCN(CC)C(=O)NC1(C(N)=NO)CCCC1. The second-order valence-electron chi connectivity index (χ2n) is 4.38. The number of carbonyl (C=O) groups is 1. The van der Waals surface area contributed by atoms with Crippen LogP contribution in [0.15, 0.2) is 5.16 Å². The van der Waals surface area contributed by atoms with Crippen molar-refractivity contribution < 1.29 is 10.0 Å². The number of amides is 2. The molecule has 0 bridgehead atoms. The molecular weight excluding hydrogens is 220 g/mol. The van der Waals surface area contributed by atoms with E-state index in [1.807, 2.05) is 13.8 Å². The zero-order chi connectivity index (χ0) is 12.9. The van der Waals surface area contributed by atoms with Crippen LogP contribution in [0.2, 0.25) is 0 Å². The summed E-state index contributed by atoms with van der Waals surface area (Å²) in [4.78, 5) is 13.7. The van der Waals surface area contributed by atoms with Crippen LogP contribution in [0.25, 0.3) is 0 Å². The number of nitrogens with two attached hydrogens (primary N) is 1. The Morgan fingerprint density at radius 3 is 2.35 bits per heavy atom. The number of urea groups is 1. The van der Waals surface area contributed by atoms with Crippen LogP contribution < -0.4 is 11.1 Å². The largest absolute Gasteiger partial charge is 0.409 e. The van der Waals surface area contributed by atoms with Crippen molar-refractivity contribution in [3.05, 3.63) is 0 Å². The van der Waals surface area contributed by atoms with Gasteiger partial charge in [-0.25, -0.2) is 4.79 Å². The average molecular weight is 242 g/mol. The van der Waals surface area contributed by atoms with E-state index in [0.717, 1.165) is 25.7 Å². The third kappa shape index (κ3) is 2.81. The Balaban J connectivity index is 2.77. The maximum Gasteiger partial charge on any atom is 0.318 e. The first-order chi connectivity index (χ1) is 8.09. The van der Waals surface area contributed by atoms with Crippen molar-refractivity contribution in [3.63, 3.8) is 0 Å². The Bertz CT molecular complexity index is 294. The number of hydrogen-bond acceptors (Lipinski definition) is 3. The molecule has 0 aromatic carbocycles. The Kier molecular flexibility index (Phi) is 4.60. The molecule has 0 heterocycles. The number of oxime groups is 1. The van der Waals surface area contributed by atoms with E-state index >= 15 is 0 Å². The summed E-state index contributed by atoms with van der Waals surface area (Å²) >= 11 is 0. The smallest absolute Gasteiger partial charge is 0.318 e. The Morgan fingerprint density at radius 2 is 1.94 bits per heavy atom. The molecule has 98 valence electrons. The summed E-state index contributed by atoms with van der Waals surface area (Å²) < 4.78 is 0. The summed E-state index contributed by atoms with van der Waals surface area (Å²) in [5.74, 6) is 0.107. The second kappa shape index (κ2) is 5.75. The first-order valence-electron chi connectivity index (χ1n) is 6.14. The molecule has 0 aliphatic heterocycles. The van der Waals surface area contributed by atoms with Crippen LogP contribution in [0, 0.1) is 0 Å². The lowest BCUT2D eigenvalue weighted by Gasteiger charge is -2.31. The van der Waals surface area contributed by atoms with Gasteiger partial charge in [0.1, 0.15) is 5.54 Å². The fourth-order valence-corrected chi connectivity index (χ4v) is 2.31. The molecule has 0 spiro atoms. The fourth-order valence-electron chi connectivity index (χ4n) is 2.31. The van der Waals surface area contributed by atoms with E-state index in [1.165, 1.54) is 0 Å². The van der Waals surface area contributed by atoms with E-state index in [2.05, 4.69) is 10.5 Å². The maximum absolute atomic E-state index is 12.0. The number of amidine groups is 1. The highest BCUT2D eigenvalue weighted by Gasteiger charge is 2.40. The van der Waals surface area contributed by atoms with Crippen LogP contribution in [-0.2, 0) is 0 Å². The van der Waals surface area contributed by atoms with Gasteiger partial charge in [-0.05, 0) is 26.7 Å². The van der Waals surface area contributed by atoms with E-state index in [0.29, 0.717) is 13.1 Å². The summed E-state index contributed by atoms with van der Waals surface area (Å²) in [7, 11) is 0. The summed E-state index contributed by atoms with van der Waals surface area (Å²) in [5.41, 5.74) is 5.05. The molecule has 0 atom stereocenters. The minimum Gasteiger partial charge on any atom is -0.409 e. The van der Waals surface area contributed by atoms with Crippen LogP contribution >= 0.6 is 0 Å². The quantitative estimate of drug-likeness (QED) is 0.298. The van der Waals surface area contributed by atoms with E-state index in [9.17, 15) is 4.79 Å². The minimum absolute atomic E-state index is 0.107. The van der Waals surface area contributed by atoms with Gasteiger partial charge in [0.15, 0.2) is 5.84 Å². The molecule has 0 radical (unpaired) electrons. The van der Waals surface area contributed by atoms with Gasteiger partial charge in [0, 0.05) is 13.1 Å². The number of nitrogens with zero attached hydrogens (tertiary/aromatic N) is 2. The van der Waals surface area contributed by atoms with Gasteiger partial charge in [0.05, 0.1) is 0 Å². The summed E-state index contributed by atoms with van der Waals surface area (Å²) in [6.07, 6.45) is 3.43. The van der Waals surface area contributed by atoms with Gasteiger partial charge in [-0.3, -0.25) is 0 Å². The lowest BCUT2D eigenvalue weighted by Crippen LogP contribution is -2.58. The molecular formula is C11H22N4O2. The third-order valence-corrected chi connectivity index (χ3v) is 3.45. The number of nitrogens with one attached hydrogen (secondary N) is 1. The highest BCUT2D eigenvalue weighted by molar-refractivity contribution is 5.93. The molecule has 4 N–H and O–H groups in total. The Morgan fingerprint density at radius 1 is 1.41 bits per heavy atom. The molecule has 1 fully saturated rings. The molecule has 2 amide bonds. The normalized spacial score (nSPS) is 19.1. The predicted molar refractivity (Wildman–Crippen MR) is 66.1 cm³/mol. The van der Waals surface area contributed by atoms with Gasteiger partial charge in [0.25, 0.3) is 0 Å². The van der Waals surface area contributed by atoms with Gasteiger partial charge in [0.2, 0.25) is 0 Å². The molecule has 1 aliphatic carbocycles. The van der Waals surface area contributed by atoms with Gasteiger partial charge < -0.3 is 21.2 Å². The molecule has 1 rings (SSSR count). The van der Waals surface area contributed by atoms with Crippen molar-refractivity contribution >= 4 is 11.9 Å². The van der Waals surface area contributed by atoms with Crippen LogP contribution in [0.5, 0.6) is 0 Å². The van der Waals surface area contributed by atoms with Gasteiger partial charge in [-0.1, -0.05) is 18.0 Å². The topological polar surface area (TPSA) is 91.0 Å². The zero-order valence-electron chi connectivity index (χ0n) is 10.6. The second-order valence-corrected chi connectivity index (χ2v) is 4.38. The van der Waals surface area contributed by atoms with Crippen molar-refractivity contribution in [1.82, 2.24) is 10.2 Å². The third-order valence-electron chi connectivity index (χ3n) is 3.45. The first kappa shape index (κ1) is 13.6. The molecule has 17 heavy (non-hydrogen) atoms. The molecule has 1 saturated carbocycles. The van der Waals surface area contributed by atoms with Crippen molar-refractivity contribution in [2.75, 3.05) is 13.1 Å². The highest BCUT2D eigenvalue weighted by atomic mass is 16.4.